The van der Waals surface area contributed by atoms with Gasteiger partial charge in [0.2, 0.25) is 5.91 Å². The van der Waals surface area contributed by atoms with Gasteiger partial charge in [0.05, 0.1) is 25.3 Å². The molecule has 18 heavy (non-hydrogen) atoms. The van der Waals surface area contributed by atoms with Gasteiger partial charge < -0.3 is 15.4 Å². The van der Waals surface area contributed by atoms with Gasteiger partial charge in [-0.05, 0) is 26.7 Å². The summed E-state index contributed by atoms with van der Waals surface area (Å²) in [5.74, 6) is 0.112. The molecule has 2 aliphatic heterocycles. The van der Waals surface area contributed by atoms with Crippen LogP contribution < -0.4 is 10.6 Å². The van der Waals surface area contributed by atoms with E-state index >= 15 is 0 Å². The van der Waals surface area contributed by atoms with Gasteiger partial charge in [0, 0.05) is 25.7 Å². The molecule has 1 amide bonds. The highest BCUT2D eigenvalue weighted by Gasteiger charge is 2.34. The maximum absolute atomic E-state index is 11.6. The molecule has 0 radical (unpaired) electrons. The molecule has 0 aliphatic carbocycles. The Hall–Kier alpha value is -0.650. The van der Waals surface area contributed by atoms with Crippen LogP contribution in [-0.4, -0.2) is 61.8 Å². The first-order valence-electron chi connectivity index (χ1n) is 6.93. The maximum Gasteiger partial charge on any atom is 0.236 e. The molecule has 2 atom stereocenters. The molecule has 2 unspecified atom stereocenters. The van der Waals surface area contributed by atoms with Crippen molar-refractivity contribution in [3.63, 3.8) is 0 Å². The van der Waals surface area contributed by atoms with E-state index in [4.69, 9.17) is 4.74 Å². The molecule has 0 bridgehead atoms. The van der Waals surface area contributed by atoms with Crippen LogP contribution in [0.25, 0.3) is 0 Å². The molecule has 0 aromatic heterocycles. The summed E-state index contributed by atoms with van der Waals surface area (Å²) in [7, 11) is 1.70. The summed E-state index contributed by atoms with van der Waals surface area (Å²) in [6, 6.07) is 1.51. The van der Waals surface area contributed by atoms with Gasteiger partial charge in [-0.1, -0.05) is 0 Å². The monoisotopic (exact) mass is 255 g/mol. The van der Waals surface area contributed by atoms with Crippen molar-refractivity contribution in [2.24, 2.45) is 0 Å². The molecule has 2 fully saturated rings. The number of ether oxygens (including phenoxy) is 1. The lowest BCUT2D eigenvalue weighted by Gasteiger charge is -2.41. The molecule has 0 aromatic rings. The van der Waals surface area contributed by atoms with E-state index in [0.717, 1.165) is 32.6 Å². The Morgan fingerprint density at radius 3 is 2.67 bits per heavy atom. The standard InChI is InChI=1S/C13H25N3O2/c1-9(2)16(11-7-18-8-11)6-10-4-5-12(15-10)13(17)14-3/h9-12,15H,4-8H2,1-3H3,(H,14,17). The predicted octanol–water partition coefficient (Wildman–Crippen LogP) is -0.0378. The third-order valence-electron chi connectivity index (χ3n) is 3.99. The topological polar surface area (TPSA) is 53.6 Å². The molecule has 104 valence electrons. The van der Waals surface area contributed by atoms with Crippen LogP contribution in [-0.2, 0) is 9.53 Å². The van der Waals surface area contributed by atoms with Gasteiger partial charge in [-0.2, -0.15) is 0 Å². The number of carbonyl (C=O) groups excluding carboxylic acids is 1. The van der Waals surface area contributed by atoms with Crippen LogP contribution in [0.3, 0.4) is 0 Å². The minimum atomic E-state index is -0.00773. The van der Waals surface area contributed by atoms with E-state index in [1.54, 1.807) is 7.05 Å². The summed E-state index contributed by atoms with van der Waals surface area (Å²) in [6.07, 6.45) is 2.02. The van der Waals surface area contributed by atoms with Crippen LogP contribution in [0.5, 0.6) is 0 Å². The van der Waals surface area contributed by atoms with E-state index in [1.165, 1.54) is 0 Å². The molecule has 2 N–H and O–H groups in total. The van der Waals surface area contributed by atoms with E-state index in [0.29, 0.717) is 18.1 Å². The number of likely N-dealkylation sites (N-methyl/N-ethyl adjacent to an activating group) is 1. The second kappa shape index (κ2) is 5.99. The maximum atomic E-state index is 11.6. The minimum Gasteiger partial charge on any atom is -0.378 e. The molecule has 2 rings (SSSR count). The van der Waals surface area contributed by atoms with Gasteiger partial charge in [0.15, 0.2) is 0 Å². The Kier molecular flexibility index (Phi) is 4.59. The first kappa shape index (κ1) is 13.8. The van der Waals surface area contributed by atoms with Crippen molar-refractivity contribution in [1.29, 1.82) is 0 Å². The van der Waals surface area contributed by atoms with Crippen LogP contribution in [0, 0.1) is 0 Å². The Balaban J connectivity index is 1.83. The molecule has 2 saturated heterocycles. The second-order valence-electron chi connectivity index (χ2n) is 5.59. The highest BCUT2D eigenvalue weighted by Crippen LogP contribution is 2.19. The van der Waals surface area contributed by atoms with Crippen molar-refractivity contribution in [3.05, 3.63) is 0 Å². The summed E-state index contributed by atoms with van der Waals surface area (Å²) >= 11 is 0. The quantitative estimate of drug-likeness (QED) is 0.724. The summed E-state index contributed by atoms with van der Waals surface area (Å²) in [4.78, 5) is 14.1. The molecular weight excluding hydrogens is 230 g/mol. The number of carbonyl (C=O) groups is 1. The van der Waals surface area contributed by atoms with Gasteiger partial charge >= 0.3 is 0 Å². The molecule has 5 nitrogen and oxygen atoms in total. The van der Waals surface area contributed by atoms with E-state index in [2.05, 4.69) is 29.4 Å². The molecule has 2 heterocycles. The van der Waals surface area contributed by atoms with Gasteiger partial charge in [-0.25, -0.2) is 0 Å². The summed E-state index contributed by atoms with van der Waals surface area (Å²) < 4.78 is 5.28. The Morgan fingerprint density at radius 1 is 1.44 bits per heavy atom. The SMILES string of the molecule is CNC(=O)C1CCC(CN(C(C)C)C2COC2)N1. The summed E-state index contributed by atoms with van der Waals surface area (Å²) in [5, 5.41) is 6.15. The number of nitrogens with zero attached hydrogens (tertiary/aromatic N) is 1. The van der Waals surface area contributed by atoms with E-state index in [-0.39, 0.29) is 11.9 Å². The van der Waals surface area contributed by atoms with Crippen molar-refractivity contribution in [1.82, 2.24) is 15.5 Å². The van der Waals surface area contributed by atoms with Crippen LogP contribution in [0.15, 0.2) is 0 Å². The second-order valence-corrected chi connectivity index (χ2v) is 5.59. The molecule has 0 saturated carbocycles. The van der Waals surface area contributed by atoms with E-state index < -0.39 is 0 Å². The predicted molar refractivity (Wildman–Crippen MR) is 70.5 cm³/mol. The Morgan fingerprint density at radius 2 is 2.17 bits per heavy atom. The fraction of sp³-hybridized carbons (Fsp3) is 0.923. The largest absolute Gasteiger partial charge is 0.378 e. The van der Waals surface area contributed by atoms with Gasteiger partial charge in [0.25, 0.3) is 0 Å². The van der Waals surface area contributed by atoms with Crippen molar-refractivity contribution in [2.45, 2.75) is 50.9 Å². The van der Waals surface area contributed by atoms with Crippen molar-refractivity contribution in [2.75, 3.05) is 26.8 Å². The number of hydrogen-bond acceptors (Lipinski definition) is 4. The number of nitrogens with one attached hydrogen (secondary N) is 2. The lowest BCUT2D eigenvalue weighted by Crippen LogP contribution is -2.55. The van der Waals surface area contributed by atoms with Gasteiger partial charge in [-0.15, -0.1) is 0 Å². The highest BCUT2D eigenvalue weighted by molar-refractivity contribution is 5.81. The van der Waals surface area contributed by atoms with E-state index in [9.17, 15) is 4.79 Å². The molecular formula is C13H25N3O2. The molecule has 0 spiro atoms. The minimum absolute atomic E-state index is 0.00773. The van der Waals surface area contributed by atoms with E-state index in [1.807, 2.05) is 0 Å². The highest BCUT2D eigenvalue weighted by atomic mass is 16.5. The lowest BCUT2D eigenvalue weighted by molar-refractivity contribution is -0.122. The zero-order valence-electron chi connectivity index (χ0n) is 11.6. The normalized spacial score (nSPS) is 28.7. The molecule has 0 aromatic carbocycles. The number of rotatable bonds is 5. The Labute approximate surface area is 109 Å². The molecule has 5 heteroatoms. The van der Waals surface area contributed by atoms with Crippen LogP contribution >= 0.6 is 0 Å². The summed E-state index contributed by atoms with van der Waals surface area (Å²) in [5.41, 5.74) is 0. The zero-order chi connectivity index (χ0) is 13.1. The Bertz CT molecular complexity index is 292. The summed E-state index contributed by atoms with van der Waals surface area (Å²) in [6.45, 7) is 7.17. The zero-order valence-corrected chi connectivity index (χ0v) is 11.6. The average Bonchev–Trinajstić information content (AvgIpc) is 2.73. The van der Waals surface area contributed by atoms with Gasteiger partial charge in [0.1, 0.15) is 0 Å². The smallest absolute Gasteiger partial charge is 0.236 e. The third-order valence-corrected chi connectivity index (χ3v) is 3.99. The van der Waals surface area contributed by atoms with Crippen LogP contribution in [0.1, 0.15) is 26.7 Å². The number of amides is 1. The average molecular weight is 255 g/mol. The van der Waals surface area contributed by atoms with Crippen LogP contribution in [0.4, 0.5) is 0 Å². The van der Waals surface area contributed by atoms with Gasteiger partial charge in [-0.3, -0.25) is 9.69 Å². The molecule has 2 aliphatic rings. The third kappa shape index (κ3) is 3.02. The van der Waals surface area contributed by atoms with Crippen molar-refractivity contribution >= 4 is 5.91 Å². The first-order valence-corrected chi connectivity index (χ1v) is 6.93. The lowest BCUT2D eigenvalue weighted by atomic mass is 10.1. The van der Waals surface area contributed by atoms with Crippen molar-refractivity contribution < 1.29 is 9.53 Å². The first-order chi connectivity index (χ1) is 8.61. The van der Waals surface area contributed by atoms with Crippen molar-refractivity contribution in [3.8, 4) is 0 Å². The van der Waals surface area contributed by atoms with Crippen LogP contribution in [0.2, 0.25) is 0 Å². The fourth-order valence-corrected chi connectivity index (χ4v) is 2.79. The number of hydrogen-bond donors (Lipinski definition) is 2. The fourth-order valence-electron chi connectivity index (χ4n) is 2.79.